The van der Waals surface area contributed by atoms with Crippen molar-refractivity contribution in [1.82, 2.24) is 9.97 Å². The Bertz CT molecular complexity index is 2000. The number of ether oxygens (including phenoxy) is 3. The van der Waals surface area contributed by atoms with Crippen LogP contribution in [0.2, 0.25) is 36.3 Å². The molecule has 3 aromatic carbocycles. The molecule has 0 saturated carbocycles. The molecule has 0 amide bonds. The lowest BCUT2D eigenvalue weighted by Gasteiger charge is -2.39. The van der Waals surface area contributed by atoms with E-state index in [1.54, 1.807) is 0 Å². The maximum Gasteiger partial charge on any atom is 0.316 e. The van der Waals surface area contributed by atoms with Crippen molar-refractivity contribution >= 4 is 22.6 Å². The van der Waals surface area contributed by atoms with Crippen LogP contribution in [0, 0.1) is 26.7 Å². The van der Waals surface area contributed by atoms with Gasteiger partial charge in [0, 0.05) is 30.6 Å². The van der Waals surface area contributed by atoms with Crippen molar-refractivity contribution in [1.29, 1.82) is 0 Å². The number of aromatic nitrogens is 2. The molecule has 0 aliphatic heterocycles. The third kappa shape index (κ3) is 10.3. The molecule has 4 aromatic rings. The van der Waals surface area contributed by atoms with E-state index in [0.29, 0.717) is 45.5 Å². The molecule has 0 N–H and O–H groups in total. The second kappa shape index (κ2) is 17.6. The Balaban J connectivity index is 1.31. The van der Waals surface area contributed by atoms with Gasteiger partial charge in [-0.1, -0.05) is 90.1 Å². The average molecular weight is 811 g/mol. The van der Waals surface area contributed by atoms with Crippen molar-refractivity contribution < 1.29 is 27.9 Å². The van der Waals surface area contributed by atoms with E-state index < -0.39 is 16.6 Å². The van der Waals surface area contributed by atoms with Gasteiger partial charge >= 0.3 is 12.0 Å². The lowest BCUT2D eigenvalue weighted by Crippen LogP contribution is -2.45. The van der Waals surface area contributed by atoms with Crippen LogP contribution in [0.15, 0.2) is 60.7 Å². The van der Waals surface area contributed by atoms with E-state index in [9.17, 15) is 4.79 Å². The van der Waals surface area contributed by atoms with Crippen molar-refractivity contribution in [2.24, 2.45) is 5.92 Å². The van der Waals surface area contributed by atoms with E-state index in [-0.39, 0.29) is 27.9 Å². The summed E-state index contributed by atoms with van der Waals surface area (Å²) in [6.45, 7) is 33.1. The SMILES string of the molecule is CCOC(=O)CC1c2ccccc2-c2cc(OCc3cccc(-c4c(C)nc(OCC(CO[Si](C)(C)C(C)(C)C)CO[Si](C)(C)C(C)(C)C)nc4C)c3C)ccc21. The molecule has 1 unspecified atom stereocenters. The monoisotopic (exact) mass is 810 g/mol. The van der Waals surface area contributed by atoms with Gasteiger partial charge in [-0.3, -0.25) is 4.79 Å². The summed E-state index contributed by atoms with van der Waals surface area (Å²) in [4.78, 5) is 22.2. The first-order valence-corrected chi connectivity index (χ1v) is 26.3. The second-order valence-electron chi connectivity index (χ2n) is 18.6. The van der Waals surface area contributed by atoms with Crippen LogP contribution < -0.4 is 9.47 Å². The predicted molar refractivity (Wildman–Crippen MR) is 236 cm³/mol. The number of fused-ring (bicyclic) bond motifs is 3. The van der Waals surface area contributed by atoms with Crippen LogP contribution in [-0.4, -0.2) is 59.0 Å². The van der Waals surface area contributed by atoms with Crippen molar-refractivity contribution in [3.63, 3.8) is 0 Å². The maximum absolute atomic E-state index is 12.5. The lowest BCUT2D eigenvalue weighted by molar-refractivity contribution is -0.143. The molecular formula is C47H66N2O6Si2. The smallest absolute Gasteiger partial charge is 0.316 e. The van der Waals surface area contributed by atoms with Crippen LogP contribution in [0.5, 0.6) is 11.8 Å². The molecule has 5 rings (SSSR count). The Morgan fingerprint density at radius 1 is 0.719 bits per heavy atom. The van der Waals surface area contributed by atoms with Gasteiger partial charge in [-0.2, -0.15) is 9.97 Å². The fourth-order valence-electron chi connectivity index (χ4n) is 6.82. The number of aryl methyl sites for hydroxylation is 2. The third-order valence-corrected chi connectivity index (χ3v) is 21.5. The largest absolute Gasteiger partial charge is 0.489 e. The van der Waals surface area contributed by atoms with Crippen molar-refractivity contribution in [3.05, 3.63) is 94.3 Å². The highest BCUT2D eigenvalue weighted by Crippen LogP contribution is 2.48. The molecule has 308 valence electrons. The van der Waals surface area contributed by atoms with Gasteiger partial charge in [0.1, 0.15) is 12.4 Å². The zero-order valence-corrected chi connectivity index (χ0v) is 39.0. The molecule has 0 saturated heterocycles. The highest BCUT2D eigenvalue weighted by atomic mass is 28.4. The van der Waals surface area contributed by atoms with Crippen molar-refractivity contribution in [2.75, 3.05) is 26.4 Å². The molecule has 0 spiro atoms. The van der Waals surface area contributed by atoms with Crippen LogP contribution in [0.25, 0.3) is 22.3 Å². The summed E-state index contributed by atoms with van der Waals surface area (Å²) in [6.07, 6.45) is 0.318. The van der Waals surface area contributed by atoms with Crippen molar-refractivity contribution in [2.45, 2.75) is 124 Å². The minimum Gasteiger partial charge on any atom is -0.489 e. The van der Waals surface area contributed by atoms with Gasteiger partial charge in [0.15, 0.2) is 16.6 Å². The highest BCUT2D eigenvalue weighted by Gasteiger charge is 2.40. The predicted octanol–water partition coefficient (Wildman–Crippen LogP) is 11.8. The van der Waals surface area contributed by atoms with Gasteiger partial charge in [0.05, 0.1) is 31.0 Å². The van der Waals surface area contributed by atoms with Gasteiger partial charge in [0.2, 0.25) is 0 Å². The number of carbonyl (C=O) groups is 1. The summed E-state index contributed by atoms with van der Waals surface area (Å²) >= 11 is 0. The number of esters is 1. The molecule has 1 heterocycles. The molecule has 0 fully saturated rings. The summed E-state index contributed by atoms with van der Waals surface area (Å²) in [6, 6.07) is 21.2. The molecule has 0 bridgehead atoms. The Morgan fingerprint density at radius 2 is 1.30 bits per heavy atom. The Morgan fingerprint density at radius 3 is 1.89 bits per heavy atom. The summed E-state index contributed by atoms with van der Waals surface area (Å²) < 4.78 is 31.5. The van der Waals surface area contributed by atoms with Gasteiger partial charge < -0.3 is 23.1 Å². The van der Waals surface area contributed by atoms with Gasteiger partial charge in [-0.15, -0.1) is 0 Å². The quantitative estimate of drug-likeness (QED) is 0.0816. The van der Waals surface area contributed by atoms with Crippen LogP contribution in [0.1, 0.15) is 94.4 Å². The van der Waals surface area contributed by atoms with E-state index in [1.165, 1.54) is 0 Å². The Kier molecular flexibility index (Phi) is 13.6. The molecule has 1 aliphatic carbocycles. The summed E-state index contributed by atoms with van der Waals surface area (Å²) in [5.74, 6) is 0.614. The fraction of sp³-hybridized carbons (Fsp3) is 0.511. The standard InChI is InChI=1S/C47H66N2O6Si2/c1-15-51-43(50)26-42-39-21-17-16-20-38(39)41-25-36(23-24-40(41)42)52-30-35-19-18-22-37(31(35)2)44-32(3)48-45(49-33(44)4)53-27-34(28-54-56(11,12)46(5,6)7)29-55-57(13,14)47(8,9)10/h16-25,34,42H,15,26-30H2,1-14H3. The highest BCUT2D eigenvalue weighted by molar-refractivity contribution is 6.74. The van der Waals surface area contributed by atoms with E-state index in [2.05, 4.69) is 117 Å². The Hall–Kier alpha value is -3.84. The van der Waals surface area contributed by atoms with Gasteiger partial charge in [0.25, 0.3) is 0 Å². The minimum absolute atomic E-state index is 0.0298. The van der Waals surface area contributed by atoms with Crippen LogP contribution in [0.3, 0.4) is 0 Å². The first-order valence-electron chi connectivity index (χ1n) is 20.5. The summed E-state index contributed by atoms with van der Waals surface area (Å²) in [7, 11) is -3.93. The molecule has 8 nitrogen and oxygen atoms in total. The average Bonchev–Trinajstić information content (AvgIpc) is 3.42. The summed E-state index contributed by atoms with van der Waals surface area (Å²) in [5, 5.41) is 0.221. The topological polar surface area (TPSA) is 89.0 Å². The van der Waals surface area contributed by atoms with E-state index >= 15 is 0 Å². The molecule has 1 aliphatic rings. The van der Waals surface area contributed by atoms with Crippen molar-refractivity contribution in [3.8, 4) is 34.0 Å². The minimum atomic E-state index is -1.97. The first-order chi connectivity index (χ1) is 26.6. The van der Waals surface area contributed by atoms with Gasteiger partial charge in [-0.25, -0.2) is 0 Å². The molecular weight excluding hydrogens is 745 g/mol. The van der Waals surface area contributed by atoms with Gasteiger partial charge in [-0.05, 0) is 115 Å². The fourth-order valence-corrected chi connectivity index (χ4v) is 8.99. The van der Waals surface area contributed by atoms with Crippen LogP contribution >= 0.6 is 0 Å². The van der Waals surface area contributed by atoms with E-state index in [0.717, 1.165) is 61.6 Å². The number of nitrogens with zero attached hydrogens (tertiary/aromatic N) is 2. The lowest BCUT2D eigenvalue weighted by atomic mass is 9.93. The third-order valence-electron chi connectivity index (χ3n) is 12.5. The van der Waals surface area contributed by atoms with Crippen LogP contribution in [-0.2, 0) is 25.0 Å². The molecule has 1 aromatic heterocycles. The summed E-state index contributed by atoms with van der Waals surface area (Å²) in [5.41, 5.74) is 10.5. The molecule has 10 heteroatoms. The Labute approximate surface area is 344 Å². The zero-order chi connectivity index (χ0) is 41.9. The number of hydrogen-bond acceptors (Lipinski definition) is 8. The number of carbonyl (C=O) groups excluding carboxylic acids is 1. The maximum atomic E-state index is 12.5. The molecule has 57 heavy (non-hydrogen) atoms. The number of benzene rings is 3. The normalized spacial score (nSPS) is 14.4. The van der Waals surface area contributed by atoms with Crippen LogP contribution in [0.4, 0.5) is 0 Å². The number of hydrogen-bond donors (Lipinski definition) is 0. The molecule has 0 radical (unpaired) electrons. The van der Waals surface area contributed by atoms with E-state index in [1.807, 2.05) is 39.0 Å². The van der Waals surface area contributed by atoms with E-state index in [4.69, 9.17) is 33.0 Å². The zero-order valence-electron chi connectivity index (χ0n) is 37.0. The molecule has 1 atom stereocenters. The second-order valence-corrected chi connectivity index (χ2v) is 28.3. The first kappa shape index (κ1) is 44.3. The number of rotatable bonds is 16.